The standard InChI is InChI=1S/C21H31NO5/c1-13-26-17-9-8-16(20(23)25-4)21(2,19(17)27-13)14-6-5-7-15(12-14)22-11-10-18(22)24-3/h8-9,13-15,18-19H,5-7,10-12H2,1-4H3. The molecule has 2 aliphatic carbocycles. The Morgan fingerprint density at radius 1 is 1.26 bits per heavy atom. The van der Waals surface area contributed by atoms with Crippen molar-refractivity contribution in [3.8, 4) is 0 Å². The number of carbonyl (C=O) groups excluding carboxylic acids is 1. The monoisotopic (exact) mass is 377 g/mol. The maximum atomic E-state index is 12.6. The minimum absolute atomic E-state index is 0.232. The van der Waals surface area contributed by atoms with E-state index in [9.17, 15) is 4.79 Å². The molecule has 3 fully saturated rings. The Kier molecular flexibility index (Phi) is 5.08. The van der Waals surface area contributed by atoms with Crippen LogP contribution in [0.1, 0.15) is 46.0 Å². The number of hydrogen-bond donors (Lipinski definition) is 0. The van der Waals surface area contributed by atoms with Crippen molar-refractivity contribution in [1.82, 2.24) is 4.90 Å². The maximum absolute atomic E-state index is 12.6. The minimum Gasteiger partial charge on any atom is -0.467 e. The third-order valence-electron chi connectivity index (χ3n) is 7.07. The molecule has 2 saturated heterocycles. The van der Waals surface area contributed by atoms with Gasteiger partial charge < -0.3 is 18.9 Å². The minimum atomic E-state index is -0.450. The molecule has 6 heteroatoms. The molecule has 0 N–H and O–H groups in total. The summed E-state index contributed by atoms with van der Waals surface area (Å²) < 4.78 is 22.8. The number of hydrogen-bond acceptors (Lipinski definition) is 6. The molecular weight excluding hydrogens is 346 g/mol. The zero-order valence-corrected chi connectivity index (χ0v) is 16.8. The molecule has 2 aliphatic heterocycles. The van der Waals surface area contributed by atoms with E-state index in [1.165, 1.54) is 13.5 Å². The molecule has 6 unspecified atom stereocenters. The van der Waals surface area contributed by atoms with Gasteiger partial charge in [0.15, 0.2) is 6.29 Å². The highest BCUT2D eigenvalue weighted by atomic mass is 16.7. The Labute approximate surface area is 161 Å². The molecule has 27 heavy (non-hydrogen) atoms. The van der Waals surface area contributed by atoms with Crippen LogP contribution in [0.4, 0.5) is 0 Å². The molecule has 0 aromatic heterocycles. The summed E-state index contributed by atoms with van der Waals surface area (Å²) in [5, 5.41) is 0. The van der Waals surface area contributed by atoms with Crippen molar-refractivity contribution in [2.75, 3.05) is 20.8 Å². The largest absolute Gasteiger partial charge is 0.467 e. The molecule has 0 aromatic carbocycles. The molecule has 4 aliphatic rings. The zero-order valence-electron chi connectivity index (χ0n) is 16.8. The van der Waals surface area contributed by atoms with Crippen molar-refractivity contribution in [1.29, 1.82) is 0 Å². The van der Waals surface area contributed by atoms with Crippen LogP contribution >= 0.6 is 0 Å². The Hall–Kier alpha value is -1.37. The topological polar surface area (TPSA) is 57.2 Å². The number of esters is 1. The van der Waals surface area contributed by atoms with Crippen LogP contribution in [0.15, 0.2) is 23.5 Å². The molecule has 0 radical (unpaired) electrons. The number of fused-ring (bicyclic) bond motifs is 1. The van der Waals surface area contributed by atoms with Crippen LogP contribution in [0.25, 0.3) is 0 Å². The highest BCUT2D eigenvalue weighted by Gasteiger charge is 2.55. The Morgan fingerprint density at radius 2 is 2.07 bits per heavy atom. The van der Waals surface area contributed by atoms with E-state index in [0.717, 1.165) is 38.0 Å². The van der Waals surface area contributed by atoms with Gasteiger partial charge in [0.1, 0.15) is 18.1 Å². The Bertz CT molecular complexity index is 657. The van der Waals surface area contributed by atoms with Gasteiger partial charge in [-0.05, 0) is 50.7 Å². The van der Waals surface area contributed by atoms with Crippen molar-refractivity contribution < 1.29 is 23.7 Å². The Morgan fingerprint density at radius 3 is 2.74 bits per heavy atom. The van der Waals surface area contributed by atoms with Crippen LogP contribution in [-0.2, 0) is 23.7 Å². The van der Waals surface area contributed by atoms with Gasteiger partial charge in [0, 0.05) is 30.7 Å². The molecule has 6 nitrogen and oxygen atoms in total. The molecule has 1 saturated carbocycles. The molecule has 0 bridgehead atoms. The first-order valence-electron chi connectivity index (χ1n) is 10.1. The van der Waals surface area contributed by atoms with Crippen LogP contribution in [-0.4, -0.2) is 56.3 Å². The van der Waals surface area contributed by atoms with Gasteiger partial charge in [-0.15, -0.1) is 0 Å². The number of likely N-dealkylation sites (tertiary alicyclic amines) is 1. The van der Waals surface area contributed by atoms with Gasteiger partial charge in [0.25, 0.3) is 0 Å². The lowest BCUT2D eigenvalue weighted by Crippen LogP contribution is -2.57. The smallest absolute Gasteiger partial charge is 0.334 e. The summed E-state index contributed by atoms with van der Waals surface area (Å²) in [6.07, 6.45) is 9.02. The van der Waals surface area contributed by atoms with Crippen LogP contribution in [0, 0.1) is 11.3 Å². The van der Waals surface area contributed by atoms with E-state index in [1.807, 2.05) is 19.1 Å². The SMILES string of the molecule is COC(=O)C1=CC=C2OC(C)OC2C1(C)C1CCCC(N2CCC2OC)C1. The van der Waals surface area contributed by atoms with Crippen LogP contribution in [0.5, 0.6) is 0 Å². The van der Waals surface area contributed by atoms with Gasteiger partial charge in [-0.3, -0.25) is 4.90 Å². The third-order valence-corrected chi connectivity index (χ3v) is 7.07. The molecule has 2 heterocycles. The molecule has 150 valence electrons. The molecule has 4 rings (SSSR count). The van der Waals surface area contributed by atoms with Gasteiger partial charge in [-0.25, -0.2) is 4.79 Å². The predicted octanol–water partition coefficient (Wildman–Crippen LogP) is 2.99. The fraction of sp³-hybridized carbons (Fsp3) is 0.762. The summed E-state index contributed by atoms with van der Waals surface area (Å²) in [6, 6.07) is 0.493. The molecule has 6 atom stereocenters. The van der Waals surface area contributed by atoms with Crippen molar-refractivity contribution in [3.63, 3.8) is 0 Å². The lowest BCUT2D eigenvalue weighted by atomic mass is 9.60. The van der Waals surface area contributed by atoms with Crippen molar-refractivity contribution in [3.05, 3.63) is 23.5 Å². The normalized spacial score (nSPS) is 41.7. The van der Waals surface area contributed by atoms with Crippen molar-refractivity contribution in [2.45, 2.75) is 70.6 Å². The van der Waals surface area contributed by atoms with Crippen LogP contribution < -0.4 is 0 Å². The van der Waals surface area contributed by atoms with E-state index < -0.39 is 5.41 Å². The second kappa shape index (κ2) is 7.22. The third kappa shape index (κ3) is 3.02. The highest BCUT2D eigenvalue weighted by molar-refractivity contribution is 5.91. The second-order valence-electron chi connectivity index (χ2n) is 8.36. The number of methoxy groups -OCH3 is 2. The first-order chi connectivity index (χ1) is 13.0. The van der Waals surface area contributed by atoms with Gasteiger partial charge in [-0.1, -0.05) is 13.3 Å². The summed E-state index contributed by atoms with van der Waals surface area (Å²) in [6.45, 7) is 5.16. The van der Waals surface area contributed by atoms with Gasteiger partial charge in [0.2, 0.25) is 0 Å². The average molecular weight is 377 g/mol. The summed E-state index contributed by atoms with van der Waals surface area (Å²) in [5.41, 5.74) is 0.252. The van der Waals surface area contributed by atoms with Crippen molar-refractivity contribution in [2.24, 2.45) is 11.3 Å². The van der Waals surface area contributed by atoms with Gasteiger partial charge in [-0.2, -0.15) is 0 Å². The zero-order chi connectivity index (χ0) is 19.2. The number of allylic oxidation sites excluding steroid dienone is 2. The average Bonchev–Trinajstić information content (AvgIpc) is 3.03. The lowest BCUT2D eigenvalue weighted by Gasteiger charge is -2.51. The van der Waals surface area contributed by atoms with E-state index in [-0.39, 0.29) is 24.6 Å². The van der Waals surface area contributed by atoms with Crippen LogP contribution in [0.2, 0.25) is 0 Å². The number of ether oxygens (including phenoxy) is 4. The van der Waals surface area contributed by atoms with E-state index in [1.54, 1.807) is 7.11 Å². The summed E-state index contributed by atoms with van der Waals surface area (Å²) >= 11 is 0. The molecule has 0 spiro atoms. The summed E-state index contributed by atoms with van der Waals surface area (Å²) in [5.74, 6) is 0.887. The Balaban J connectivity index is 1.62. The number of rotatable bonds is 4. The van der Waals surface area contributed by atoms with Crippen molar-refractivity contribution >= 4 is 5.97 Å². The number of nitrogens with zero attached hydrogens (tertiary/aromatic N) is 1. The maximum Gasteiger partial charge on any atom is 0.334 e. The molecular formula is C21H31NO5. The fourth-order valence-corrected chi connectivity index (χ4v) is 5.49. The van der Waals surface area contributed by atoms with E-state index in [0.29, 0.717) is 17.5 Å². The summed E-state index contributed by atoms with van der Waals surface area (Å²) in [4.78, 5) is 15.1. The second-order valence-corrected chi connectivity index (χ2v) is 8.36. The van der Waals surface area contributed by atoms with E-state index in [4.69, 9.17) is 18.9 Å². The molecule has 0 aromatic rings. The van der Waals surface area contributed by atoms with Crippen LogP contribution in [0.3, 0.4) is 0 Å². The molecule has 0 amide bonds. The highest BCUT2D eigenvalue weighted by Crippen LogP contribution is 2.54. The van der Waals surface area contributed by atoms with E-state index in [2.05, 4.69) is 11.8 Å². The van der Waals surface area contributed by atoms with Gasteiger partial charge >= 0.3 is 5.97 Å². The summed E-state index contributed by atoms with van der Waals surface area (Å²) in [7, 11) is 3.24. The number of carbonyl (C=O) groups is 1. The fourth-order valence-electron chi connectivity index (χ4n) is 5.49. The lowest BCUT2D eigenvalue weighted by molar-refractivity contribution is -0.146. The quantitative estimate of drug-likeness (QED) is 0.702. The first kappa shape index (κ1) is 19.0. The van der Waals surface area contributed by atoms with Gasteiger partial charge in [0.05, 0.1) is 7.11 Å². The van der Waals surface area contributed by atoms with E-state index >= 15 is 0 Å². The first-order valence-corrected chi connectivity index (χ1v) is 10.1. The predicted molar refractivity (Wildman–Crippen MR) is 99.6 cm³/mol.